The molecule has 0 radical (unpaired) electrons. The van der Waals surface area contributed by atoms with Gasteiger partial charge in [0, 0.05) is 42.2 Å². The molecule has 2 aromatic rings. The van der Waals surface area contributed by atoms with E-state index in [0.29, 0.717) is 43.7 Å². The van der Waals surface area contributed by atoms with Gasteiger partial charge in [-0.05, 0) is 38.8 Å². The van der Waals surface area contributed by atoms with Gasteiger partial charge in [0.15, 0.2) is 0 Å². The fraction of sp³-hybridized carbons (Fsp3) is 0.500. The van der Waals surface area contributed by atoms with E-state index in [-0.39, 0.29) is 22.9 Å². The molecule has 1 saturated heterocycles. The zero-order valence-electron chi connectivity index (χ0n) is 15.7. The Hall–Kier alpha value is -2.45. The fourth-order valence-electron chi connectivity index (χ4n) is 4.58. The first-order valence-corrected chi connectivity index (χ1v) is 9.60. The first-order valence-electron chi connectivity index (χ1n) is 9.60. The molecule has 3 heterocycles. The summed E-state index contributed by atoms with van der Waals surface area (Å²) in [5.74, 6) is -1.99. The molecule has 0 saturated carbocycles. The number of pyridine rings is 1. The van der Waals surface area contributed by atoms with Crippen molar-refractivity contribution in [3.05, 3.63) is 39.4 Å². The molecule has 8 heteroatoms. The third kappa shape index (κ3) is 2.79. The second-order valence-electron chi connectivity index (χ2n) is 7.85. The molecule has 1 fully saturated rings. The fourth-order valence-corrected chi connectivity index (χ4v) is 4.58. The summed E-state index contributed by atoms with van der Waals surface area (Å²) in [6.07, 6.45) is 2.70. The monoisotopic (exact) mass is 389 g/mol. The maximum absolute atomic E-state index is 15.2. The first kappa shape index (κ1) is 18.9. The number of aliphatic hydroxyl groups is 1. The van der Waals surface area contributed by atoms with Gasteiger partial charge in [-0.2, -0.15) is 0 Å². The minimum atomic E-state index is -1.31. The highest BCUT2D eigenvalue weighted by Crippen LogP contribution is 2.39. The Labute approximate surface area is 161 Å². The van der Waals surface area contributed by atoms with Gasteiger partial charge in [0.25, 0.3) is 0 Å². The standard InChI is InChI=1S/C20H24FN3O4/c1-10-2-3-12-17-13(19(26)14(20(27)28)9-24(10)17)6-15(21)18(12)23-5-4-16(25)11(7-22)8-23/h6,9-11,16,25H,2-5,7-8,22H2,1H3,(H,27,28)/t10?,11?,16-/m0/s1. The van der Waals surface area contributed by atoms with E-state index >= 15 is 4.39 Å². The molecule has 150 valence electrons. The molecule has 28 heavy (non-hydrogen) atoms. The molecule has 1 aromatic heterocycles. The molecular weight excluding hydrogens is 365 g/mol. The lowest BCUT2D eigenvalue weighted by atomic mass is 9.90. The molecule has 0 spiro atoms. The summed E-state index contributed by atoms with van der Waals surface area (Å²) in [7, 11) is 0. The van der Waals surface area contributed by atoms with Gasteiger partial charge in [-0.25, -0.2) is 9.18 Å². The Kier molecular flexibility index (Phi) is 4.63. The molecule has 0 amide bonds. The largest absolute Gasteiger partial charge is 0.477 e. The molecular formula is C20H24FN3O4. The highest BCUT2D eigenvalue weighted by molar-refractivity contribution is 5.95. The van der Waals surface area contributed by atoms with Gasteiger partial charge in [0.05, 0.1) is 17.3 Å². The summed E-state index contributed by atoms with van der Waals surface area (Å²) in [6, 6.07) is 1.17. The molecule has 4 N–H and O–H groups in total. The SMILES string of the molecule is CC1CCc2c(N3CC[C@H](O)C(CN)C3)c(F)cc3c(=O)c(C(=O)O)cn1c23. The number of anilines is 1. The quantitative estimate of drug-likeness (QED) is 0.734. The van der Waals surface area contributed by atoms with Crippen molar-refractivity contribution in [2.24, 2.45) is 11.7 Å². The van der Waals surface area contributed by atoms with E-state index in [9.17, 15) is 19.8 Å². The van der Waals surface area contributed by atoms with Crippen molar-refractivity contribution < 1.29 is 19.4 Å². The van der Waals surface area contributed by atoms with Crippen molar-refractivity contribution in [3.63, 3.8) is 0 Å². The van der Waals surface area contributed by atoms with Crippen molar-refractivity contribution in [2.45, 2.75) is 38.3 Å². The predicted molar refractivity (Wildman–Crippen MR) is 104 cm³/mol. The summed E-state index contributed by atoms with van der Waals surface area (Å²) in [6.45, 7) is 3.22. The number of carboxylic acids is 1. The third-order valence-electron chi connectivity index (χ3n) is 6.17. The molecule has 3 atom stereocenters. The molecule has 0 aliphatic carbocycles. The van der Waals surface area contributed by atoms with E-state index in [1.165, 1.54) is 12.3 Å². The minimum Gasteiger partial charge on any atom is -0.477 e. The predicted octanol–water partition coefficient (Wildman–Crippen LogP) is 1.49. The van der Waals surface area contributed by atoms with Crippen LogP contribution in [0.2, 0.25) is 0 Å². The van der Waals surface area contributed by atoms with Crippen molar-refractivity contribution in [2.75, 3.05) is 24.5 Å². The van der Waals surface area contributed by atoms with Crippen molar-refractivity contribution in [1.29, 1.82) is 0 Å². The summed E-state index contributed by atoms with van der Waals surface area (Å²) in [5, 5.41) is 19.6. The van der Waals surface area contributed by atoms with Gasteiger partial charge < -0.3 is 25.4 Å². The molecule has 0 bridgehead atoms. The lowest BCUT2D eigenvalue weighted by Crippen LogP contribution is -2.47. The van der Waals surface area contributed by atoms with Gasteiger partial charge >= 0.3 is 5.97 Å². The molecule has 1 aromatic carbocycles. The number of nitrogens with zero attached hydrogens (tertiary/aromatic N) is 2. The zero-order valence-corrected chi connectivity index (χ0v) is 15.7. The number of benzene rings is 1. The van der Waals surface area contributed by atoms with Crippen LogP contribution in [0.5, 0.6) is 0 Å². The van der Waals surface area contributed by atoms with Gasteiger partial charge in [-0.3, -0.25) is 4.79 Å². The second kappa shape index (κ2) is 6.86. The van der Waals surface area contributed by atoms with Crippen LogP contribution in [0.4, 0.5) is 10.1 Å². The molecule has 2 aliphatic rings. The van der Waals surface area contributed by atoms with E-state index in [1.54, 1.807) is 4.57 Å². The van der Waals surface area contributed by atoms with Crippen molar-refractivity contribution >= 4 is 22.6 Å². The van der Waals surface area contributed by atoms with E-state index in [2.05, 4.69) is 0 Å². The normalized spacial score (nSPS) is 24.6. The summed E-state index contributed by atoms with van der Waals surface area (Å²) >= 11 is 0. The number of aromatic carboxylic acids is 1. The summed E-state index contributed by atoms with van der Waals surface area (Å²) in [5.41, 5.74) is 6.56. The maximum Gasteiger partial charge on any atom is 0.341 e. The highest BCUT2D eigenvalue weighted by Gasteiger charge is 2.32. The number of hydrogen-bond acceptors (Lipinski definition) is 5. The van der Waals surface area contributed by atoms with Gasteiger partial charge in [-0.1, -0.05) is 0 Å². The number of carbonyl (C=O) groups is 1. The Balaban J connectivity index is 1.96. The molecule has 4 rings (SSSR count). The number of hydrogen-bond donors (Lipinski definition) is 3. The van der Waals surface area contributed by atoms with Crippen LogP contribution in [0, 0.1) is 11.7 Å². The molecule has 7 nitrogen and oxygen atoms in total. The van der Waals surface area contributed by atoms with Crippen LogP contribution in [0.25, 0.3) is 10.9 Å². The maximum atomic E-state index is 15.2. The lowest BCUT2D eigenvalue weighted by Gasteiger charge is -2.39. The number of carboxylic acid groups (broad SMARTS) is 1. The number of aryl methyl sites for hydroxylation is 1. The number of aromatic nitrogens is 1. The number of nitrogens with two attached hydrogens (primary N) is 1. The zero-order chi connectivity index (χ0) is 20.2. The number of halogens is 1. The summed E-state index contributed by atoms with van der Waals surface area (Å²) < 4.78 is 17.0. The Bertz CT molecular complexity index is 1020. The molecule has 2 unspecified atom stereocenters. The van der Waals surface area contributed by atoms with Crippen LogP contribution in [0.1, 0.15) is 41.7 Å². The van der Waals surface area contributed by atoms with E-state index in [0.717, 1.165) is 12.0 Å². The van der Waals surface area contributed by atoms with Crippen molar-refractivity contribution in [3.8, 4) is 0 Å². The van der Waals surface area contributed by atoms with Crippen LogP contribution < -0.4 is 16.1 Å². The average molecular weight is 389 g/mol. The Morgan fingerprint density at radius 1 is 1.39 bits per heavy atom. The average Bonchev–Trinajstić information content (AvgIpc) is 2.66. The van der Waals surface area contributed by atoms with Crippen LogP contribution >= 0.6 is 0 Å². The molecule has 2 aliphatic heterocycles. The highest BCUT2D eigenvalue weighted by atomic mass is 19.1. The van der Waals surface area contributed by atoms with Crippen molar-refractivity contribution in [1.82, 2.24) is 4.57 Å². The first-order chi connectivity index (χ1) is 13.3. The third-order valence-corrected chi connectivity index (χ3v) is 6.17. The van der Waals surface area contributed by atoms with Gasteiger partial charge in [0.2, 0.25) is 5.43 Å². The Morgan fingerprint density at radius 2 is 2.14 bits per heavy atom. The van der Waals surface area contributed by atoms with E-state index in [4.69, 9.17) is 5.73 Å². The topological polar surface area (TPSA) is 109 Å². The lowest BCUT2D eigenvalue weighted by molar-refractivity contribution is 0.0694. The van der Waals surface area contributed by atoms with Gasteiger partial charge in [-0.15, -0.1) is 0 Å². The Morgan fingerprint density at radius 3 is 2.82 bits per heavy atom. The van der Waals surface area contributed by atoms with Crippen LogP contribution in [0.15, 0.2) is 17.1 Å². The smallest absolute Gasteiger partial charge is 0.341 e. The minimum absolute atomic E-state index is 0.00646. The van der Waals surface area contributed by atoms with E-state index in [1.807, 2.05) is 11.8 Å². The number of aliphatic hydroxyl groups excluding tert-OH is 1. The van der Waals surface area contributed by atoms with Gasteiger partial charge in [0.1, 0.15) is 11.4 Å². The van der Waals surface area contributed by atoms with Crippen LogP contribution in [-0.4, -0.2) is 46.5 Å². The number of rotatable bonds is 3. The van der Waals surface area contributed by atoms with Crippen LogP contribution in [-0.2, 0) is 6.42 Å². The van der Waals surface area contributed by atoms with Crippen LogP contribution in [0.3, 0.4) is 0 Å². The number of piperidine rings is 1. The van der Waals surface area contributed by atoms with E-state index < -0.39 is 23.3 Å². The summed E-state index contributed by atoms with van der Waals surface area (Å²) in [4.78, 5) is 26.1. The second-order valence-corrected chi connectivity index (χ2v) is 7.85.